The maximum absolute atomic E-state index is 11.9. The molecule has 1 aromatic heterocycles. The molecule has 0 amide bonds. The van der Waals surface area contributed by atoms with Crippen molar-refractivity contribution in [3.05, 3.63) is 56.7 Å². The van der Waals surface area contributed by atoms with E-state index >= 15 is 0 Å². The second-order valence-corrected chi connectivity index (χ2v) is 4.43. The molecule has 3 heteroatoms. The standard InChI is InChI=1S/C11H7BrOS/c12-10-7-14-6-9(10)11(13)8-4-2-1-3-5-8/h1-7H. The Labute approximate surface area is 94.5 Å². The van der Waals surface area contributed by atoms with Gasteiger partial charge in [0.05, 0.1) is 0 Å². The number of rotatable bonds is 2. The van der Waals surface area contributed by atoms with E-state index < -0.39 is 0 Å². The summed E-state index contributed by atoms with van der Waals surface area (Å²) in [4.78, 5) is 11.9. The minimum absolute atomic E-state index is 0.0683. The maximum atomic E-state index is 11.9. The summed E-state index contributed by atoms with van der Waals surface area (Å²) in [7, 11) is 0. The van der Waals surface area contributed by atoms with Gasteiger partial charge >= 0.3 is 0 Å². The summed E-state index contributed by atoms with van der Waals surface area (Å²) < 4.78 is 0.872. The number of halogens is 1. The molecule has 0 radical (unpaired) electrons. The van der Waals surface area contributed by atoms with Crippen LogP contribution in [0, 0.1) is 0 Å². The van der Waals surface area contributed by atoms with Crippen molar-refractivity contribution in [3.63, 3.8) is 0 Å². The Bertz CT molecular complexity index is 447. The molecule has 2 aromatic rings. The predicted octanol–water partition coefficient (Wildman–Crippen LogP) is 3.74. The molecule has 0 saturated carbocycles. The Morgan fingerprint density at radius 1 is 1.14 bits per heavy atom. The smallest absolute Gasteiger partial charge is 0.194 e. The van der Waals surface area contributed by atoms with E-state index in [-0.39, 0.29) is 5.78 Å². The topological polar surface area (TPSA) is 17.1 Å². The first kappa shape index (κ1) is 9.62. The van der Waals surface area contributed by atoms with Crippen LogP contribution in [0.2, 0.25) is 0 Å². The van der Waals surface area contributed by atoms with Gasteiger partial charge in [-0.2, -0.15) is 11.3 Å². The zero-order valence-electron chi connectivity index (χ0n) is 7.24. The van der Waals surface area contributed by atoms with Gasteiger partial charge in [-0.15, -0.1) is 0 Å². The normalized spacial score (nSPS) is 10.1. The van der Waals surface area contributed by atoms with E-state index in [1.807, 2.05) is 41.1 Å². The van der Waals surface area contributed by atoms with Gasteiger partial charge in [0, 0.05) is 26.4 Å². The average molecular weight is 267 g/mol. The zero-order valence-corrected chi connectivity index (χ0v) is 9.64. The van der Waals surface area contributed by atoms with Crippen LogP contribution in [0.15, 0.2) is 45.6 Å². The number of ketones is 1. The Hall–Kier alpha value is -0.930. The van der Waals surface area contributed by atoms with E-state index in [1.54, 1.807) is 0 Å². The molecule has 1 aromatic carbocycles. The number of hydrogen-bond donors (Lipinski definition) is 0. The molecule has 0 bridgehead atoms. The van der Waals surface area contributed by atoms with Gasteiger partial charge in [-0.25, -0.2) is 0 Å². The van der Waals surface area contributed by atoms with Crippen LogP contribution in [-0.2, 0) is 0 Å². The zero-order chi connectivity index (χ0) is 9.97. The van der Waals surface area contributed by atoms with Crippen LogP contribution in [0.4, 0.5) is 0 Å². The molecule has 0 aliphatic heterocycles. The summed E-state index contributed by atoms with van der Waals surface area (Å²) in [6, 6.07) is 9.29. The van der Waals surface area contributed by atoms with Crippen molar-refractivity contribution in [2.24, 2.45) is 0 Å². The van der Waals surface area contributed by atoms with Gasteiger partial charge < -0.3 is 0 Å². The van der Waals surface area contributed by atoms with Crippen LogP contribution < -0.4 is 0 Å². The predicted molar refractivity (Wildman–Crippen MR) is 61.9 cm³/mol. The molecule has 0 fully saturated rings. The fourth-order valence-corrected chi connectivity index (χ4v) is 2.64. The summed E-state index contributed by atoms with van der Waals surface area (Å²) in [6.45, 7) is 0. The second kappa shape index (κ2) is 4.07. The summed E-state index contributed by atoms with van der Waals surface area (Å²) >= 11 is 4.88. The molecule has 0 aliphatic rings. The van der Waals surface area contributed by atoms with Crippen molar-refractivity contribution in [2.75, 3.05) is 0 Å². The van der Waals surface area contributed by atoms with E-state index in [0.29, 0.717) is 0 Å². The SMILES string of the molecule is O=C(c1ccccc1)c1cscc1Br. The first-order chi connectivity index (χ1) is 6.79. The van der Waals surface area contributed by atoms with Crippen LogP contribution in [0.25, 0.3) is 0 Å². The number of thiophene rings is 1. The van der Waals surface area contributed by atoms with E-state index in [9.17, 15) is 4.79 Å². The fraction of sp³-hybridized carbons (Fsp3) is 0. The molecule has 0 N–H and O–H groups in total. The highest BCUT2D eigenvalue weighted by molar-refractivity contribution is 9.10. The molecule has 0 atom stereocenters. The number of benzene rings is 1. The lowest BCUT2D eigenvalue weighted by atomic mass is 10.1. The van der Waals surface area contributed by atoms with Crippen LogP contribution in [0.1, 0.15) is 15.9 Å². The maximum Gasteiger partial charge on any atom is 0.194 e. The molecule has 1 heterocycles. The summed E-state index contributed by atoms with van der Waals surface area (Å²) in [5.41, 5.74) is 1.47. The van der Waals surface area contributed by atoms with Gasteiger partial charge in [-0.05, 0) is 15.9 Å². The number of carbonyl (C=O) groups is 1. The third kappa shape index (κ3) is 1.79. The van der Waals surface area contributed by atoms with Crippen LogP contribution in [-0.4, -0.2) is 5.78 Å². The van der Waals surface area contributed by atoms with E-state index in [1.165, 1.54) is 11.3 Å². The highest BCUT2D eigenvalue weighted by Crippen LogP contribution is 2.23. The van der Waals surface area contributed by atoms with Gasteiger partial charge in [-0.3, -0.25) is 4.79 Å². The van der Waals surface area contributed by atoms with Gasteiger partial charge in [-0.1, -0.05) is 30.3 Å². The third-order valence-electron chi connectivity index (χ3n) is 1.90. The largest absolute Gasteiger partial charge is 0.289 e. The molecule has 2 rings (SSSR count). The first-order valence-electron chi connectivity index (χ1n) is 4.10. The third-order valence-corrected chi connectivity index (χ3v) is 3.60. The second-order valence-electron chi connectivity index (χ2n) is 2.83. The van der Waals surface area contributed by atoms with E-state index in [0.717, 1.165) is 15.6 Å². The summed E-state index contributed by atoms with van der Waals surface area (Å²) in [5.74, 6) is 0.0683. The van der Waals surface area contributed by atoms with Gasteiger partial charge in [0.15, 0.2) is 5.78 Å². The minimum Gasteiger partial charge on any atom is -0.289 e. The highest BCUT2D eigenvalue weighted by Gasteiger charge is 2.12. The molecular weight excluding hydrogens is 260 g/mol. The van der Waals surface area contributed by atoms with Crippen LogP contribution in [0.3, 0.4) is 0 Å². The van der Waals surface area contributed by atoms with Gasteiger partial charge in [0.1, 0.15) is 0 Å². The van der Waals surface area contributed by atoms with Crippen molar-refractivity contribution in [2.45, 2.75) is 0 Å². The van der Waals surface area contributed by atoms with E-state index in [2.05, 4.69) is 15.9 Å². The molecule has 0 aliphatic carbocycles. The fourth-order valence-electron chi connectivity index (χ4n) is 1.19. The Balaban J connectivity index is 2.39. The Kier molecular flexibility index (Phi) is 2.79. The lowest BCUT2D eigenvalue weighted by Gasteiger charge is -1.98. The number of carbonyl (C=O) groups excluding carboxylic acids is 1. The lowest BCUT2D eigenvalue weighted by molar-refractivity contribution is 0.103. The van der Waals surface area contributed by atoms with Gasteiger partial charge in [0.25, 0.3) is 0 Å². The molecule has 70 valence electrons. The van der Waals surface area contributed by atoms with E-state index in [4.69, 9.17) is 0 Å². The average Bonchev–Trinajstić information content (AvgIpc) is 2.65. The Morgan fingerprint density at radius 3 is 2.43 bits per heavy atom. The molecular formula is C11H7BrOS. The monoisotopic (exact) mass is 266 g/mol. The van der Waals surface area contributed by atoms with Crippen LogP contribution >= 0.6 is 27.3 Å². The van der Waals surface area contributed by atoms with Crippen molar-refractivity contribution in [1.82, 2.24) is 0 Å². The summed E-state index contributed by atoms with van der Waals surface area (Å²) in [6.07, 6.45) is 0. The molecule has 1 nitrogen and oxygen atoms in total. The van der Waals surface area contributed by atoms with Crippen molar-refractivity contribution in [1.29, 1.82) is 0 Å². The molecule has 0 spiro atoms. The van der Waals surface area contributed by atoms with Crippen molar-refractivity contribution in [3.8, 4) is 0 Å². The highest BCUT2D eigenvalue weighted by atomic mass is 79.9. The lowest BCUT2D eigenvalue weighted by Crippen LogP contribution is -1.99. The molecule has 0 saturated heterocycles. The quantitative estimate of drug-likeness (QED) is 0.757. The van der Waals surface area contributed by atoms with Crippen molar-refractivity contribution >= 4 is 33.0 Å². The molecule has 0 unspecified atom stereocenters. The van der Waals surface area contributed by atoms with Crippen molar-refractivity contribution < 1.29 is 4.79 Å². The summed E-state index contributed by atoms with van der Waals surface area (Å²) in [5, 5.41) is 3.77. The van der Waals surface area contributed by atoms with Crippen LogP contribution in [0.5, 0.6) is 0 Å². The Morgan fingerprint density at radius 2 is 1.86 bits per heavy atom. The number of hydrogen-bond acceptors (Lipinski definition) is 2. The van der Waals surface area contributed by atoms with Gasteiger partial charge in [0.2, 0.25) is 0 Å². The first-order valence-corrected chi connectivity index (χ1v) is 5.84. The molecule has 14 heavy (non-hydrogen) atoms. The minimum atomic E-state index is 0.0683.